The molecule has 0 N–H and O–H groups in total. The van der Waals surface area contributed by atoms with Gasteiger partial charge in [-0.2, -0.15) is 0 Å². The van der Waals surface area contributed by atoms with E-state index in [0.29, 0.717) is 5.58 Å². The molecule has 0 atom stereocenters. The first kappa shape index (κ1) is 14.7. The summed E-state index contributed by atoms with van der Waals surface area (Å²) in [5.41, 5.74) is 1.09. The second-order valence-electron chi connectivity index (χ2n) is 5.33. The molecule has 0 bridgehead atoms. The molecular weight excluding hydrogens is 298 g/mol. The van der Waals surface area contributed by atoms with E-state index in [1.807, 2.05) is 37.3 Å². The van der Waals surface area contributed by atoms with Crippen molar-refractivity contribution in [2.75, 3.05) is 14.1 Å². The van der Waals surface area contributed by atoms with Gasteiger partial charge in [-0.3, -0.25) is 4.79 Å². The normalized spacial score (nSPS) is 11.0. The summed E-state index contributed by atoms with van der Waals surface area (Å²) in [6.07, 6.45) is 0. The Balaban J connectivity index is 2.23. The minimum Gasteiger partial charge on any atom is -0.423 e. The summed E-state index contributed by atoms with van der Waals surface area (Å²) >= 11 is 1.18. The molecule has 2 aromatic carbocycles. The van der Waals surface area contributed by atoms with Gasteiger partial charge in [0, 0.05) is 30.4 Å². The van der Waals surface area contributed by atoms with Crippen LogP contribution in [0.1, 0.15) is 5.56 Å². The van der Waals surface area contributed by atoms with Gasteiger partial charge in [-0.05, 0) is 53.2 Å². The maximum atomic E-state index is 11.9. The average molecular weight is 313 g/mol. The molecule has 0 saturated heterocycles. The lowest BCUT2D eigenvalue weighted by Crippen LogP contribution is -2.15. The summed E-state index contributed by atoms with van der Waals surface area (Å²) in [6.45, 7) is 1.89. The molecule has 0 unspecified atom stereocenters. The second kappa shape index (κ2) is 5.50. The molecule has 112 valence electrons. The van der Waals surface area contributed by atoms with Crippen molar-refractivity contribution >= 4 is 38.7 Å². The number of carbonyl (C=O) groups excluding carboxylic acids is 1. The van der Waals surface area contributed by atoms with Crippen LogP contribution in [0.4, 0.5) is 4.79 Å². The fourth-order valence-corrected chi connectivity index (χ4v) is 3.11. The van der Waals surface area contributed by atoms with Crippen LogP contribution < -0.4 is 5.63 Å². The number of hydrogen-bond acceptors (Lipinski definition) is 4. The highest BCUT2D eigenvalue weighted by Crippen LogP contribution is 2.31. The first-order valence-electron chi connectivity index (χ1n) is 6.82. The van der Waals surface area contributed by atoms with Crippen LogP contribution >= 0.6 is 11.8 Å². The van der Waals surface area contributed by atoms with Crippen molar-refractivity contribution in [2.24, 2.45) is 0 Å². The van der Waals surface area contributed by atoms with Crippen LogP contribution in [0.25, 0.3) is 21.7 Å². The van der Waals surface area contributed by atoms with Crippen molar-refractivity contribution in [1.29, 1.82) is 0 Å². The Hall–Kier alpha value is -2.27. The predicted octanol–water partition coefficient (Wildman–Crippen LogP) is 4.03. The Bertz CT molecular complexity index is 944. The second-order valence-corrected chi connectivity index (χ2v) is 6.36. The van der Waals surface area contributed by atoms with Crippen LogP contribution in [0.15, 0.2) is 50.5 Å². The Kier molecular flexibility index (Phi) is 3.66. The van der Waals surface area contributed by atoms with E-state index >= 15 is 0 Å². The van der Waals surface area contributed by atoms with Gasteiger partial charge >= 0.3 is 5.63 Å². The summed E-state index contributed by atoms with van der Waals surface area (Å²) < 4.78 is 5.27. The highest BCUT2D eigenvalue weighted by molar-refractivity contribution is 8.13. The molecule has 5 heteroatoms. The van der Waals surface area contributed by atoms with Gasteiger partial charge in [0.15, 0.2) is 0 Å². The van der Waals surface area contributed by atoms with E-state index in [2.05, 4.69) is 0 Å². The summed E-state index contributed by atoms with van der Waals surface area (Å²) in [5, 5.41) is 2.92. The molecule has 0 spiro atoms. The molecule has 0 aliphatic rings. The quantitative estimate of drug-likeness (QED) is 0.387. The maximum absolute atomic E-state index is 11.9. The Morgan fingerprint density at radius 1 is 1.14 bits per heavy atom. The van der Waals surface area contributed by atoms with Crippen LogP contribution in [-0.4, -0.2) is 24.2 Å². The number of carbonyl (C=O) groups is 1. The first-order valence-corrected chi connectivity index (χ1v) is 7.64. The lowest BCUT2D eigenvalue weighted by atomic mass is 10.0. The fraction of sp³-hybridized carbons (Fsp3) is 0.176. The van der Waals surface area contributed by atoms with Crippen molar-refractivity contribution in [3.63, 3.8) is 0 Å². The van der Waals surface area contributed by atoms with Crippen molar-refractivity contribution < 1.29 is 9.21 Å². The summed E-state index contributed by atoms with van der Waals surface area (Å²) in [6, 6.07) is 11.1. The van der Waals surface area contributed by atoms with Gasteiger partial charge in [-0.15, -0.1) is 0 Å². The molecular formula is C17H15NO3S. The Labute approximate surface area is 131 Å². The van der Waals surface area contributed by atoms with Crippen LogP contribution in [0, 0.1) is 6.92 Å². The first-order chi connectivity index (χ1) is 10.5. The number of rotatable bonds is 1. The number of fused-ring (bicyclic) bond motifs is 3. The monoisotopic (exact) mass is 313 g/mol. The largest absolute Gasteiger partial charge is 0.423 e. The molecule has 3 rings (SSSR count). The third kappa shape index (κ3) is 2.60. The molecule has 0 aliphatic heterocycles. The zero-order chi connectivity index (χ0) is 15.9. The van der Waals surface area contributed by atoms with Crippen LogP contribution in [0.5, 0.6) is 0 Å². The molecule has 1 aromatic heterocycles. The third-order valence-electron chi connectivity index (χ3n) is 3.46. The van der Waals surface area contributed by atoms with Gasteiger partial charge < -0.3 is 9.32 Å². The van der Waals surface area contributed by atoms with Crippen molar-refractivity contribution in [2.45, 2.75) is 11.8 Å². The lowest BCUT2D eigenvalue weighted by Gasteiger charge is -2.10. The molecule has 4 nitrogen and oxygen atoms in total. The molecule has 22 heavy (non-hydrogen) atoms. The van der Waals surface area contributed by atoms with Crippen LogP contribution in [0.2, 0.25) is 0 Å². The molecule has 3 aromatic rings. The standard InChI is InChI=1S/C17H15NO3S/c1-10-8-15(19)21-14-7-5-11-4-6-12(9-13(11)16(10)14)22-17(20)18(2)3/h4-9H,1-3H3. The van der Waals surface area contributed by atoms with Crippen molar-refractivity contribution in [1.82, 2.24) is 4.90 Å². The van der Waals surface area contributed by atoms with E-state index in [1.165, 1.54) is 17.8 Å². The molecule has 1 amide bonds. The topological polar surface area (TPSA) is 50.5 Å². The number of hydrogen-bond donors (Lipinski definition) is 0. The van der Waals surface area contributed by atoms with E-state index < -0.39 is 0 Å². The number of nitrogens with zero attached hydrogens (tertiary/aromatic N) is 1. The number of amides is 1. The number of thioether (sulfide) groups is 1. The summed E-state index contributed by atoms with van der Waals surface area (Å²) in [4.78, 5) is 25.8. The van der Waals surface area contributed by atoms with Gasteiger partial charge in [0.2, 0.25) is 0 Å². The predicted molar refractivity (Wildman–Crippen MR) is 89.7 cm³/mol. The molecule has 0 fully saturated rings. The minimum atomic E-state index is -0.349. The van der Waals surface area contributed by atoms with Gasteiger partial charge in [-0.1, -0.05) is 12.1 Å². The zero-order valence-electron chi connectivity index (χ0n) is 12.5. The smallest absolute Gasteiger partial charge is 0.336 e. The fourth-order valence-electron chi connectivity index (χ4n) is 2.41. The SMILES string of the molecule is Cc1cc(=O)oc2ccc3ccc(SC(=O)N(C)C)cc3c12. The van der Waals surface area contributed by atoms with E-state index in [9.17, 15) is 9.59 Å². The van der Waals surface area contributed by atoms with Crippen LogP contribution in [-0.2, 0) is 0 Å². The molecule has 0 aliphatic carbocycles. The van der Waals surface area contributed by atoms with Gasteiger partial charge in [-0.25, -0.2) is 4.79 Å². The van der Waals surface area contributed by atoms with Gasteiger partial charge in [0.25, 0.3) is 5.24 Å². The van der Waals surface area contributed by atoms with Crippen LogP contribution in [0.3, 0.4) is 0 Å². The maximum Gasteiger partial charge on any atom is 0.336 e. The number of aryl methyl sites for hydroxylation is 1. The van der Waals surface area contributed by atoms with E-state index in [0.717, 1.165) is 26.6 Å². The third-order valence-corrected chi connectivity index (χ3v) is 4.49. The van der Waals surface area contributed by atoms with E-state index in [4.69, 9.17) is 4.42 Å². The minimum absolute atomic E-state index is 0.0251. The Morgan fingerprint density at radius 2 is 1.86 bits per heavy atom. The van der Waals surface area contributed by atoms with Gasteiger partial charge in [0.05, 0.1) is 0 Å². The lowest BCUT2D eigenvalue weighted by molar-refractivity contribution is 0.241. The molecule has 0 radical (unpaired) electrons. The highest BCUT2D eigenvalue weighted by atomic mass is 32.2. The van der Waals surface area contributed by atoms with Crippen molar-refractivity contribution in [3.8, 4) is 0 Å². The Morgan fingerprint density at radius 3 is 2.59 bits per heavy atom. The number of benzene rings is 2. The van der Waals surface area contributed by atoms with E-state index in [-0.39, 0.29) is 10.9 Å². The van der Waals surface area contributed by atoms with E-state index in [1.54, 1.807) is 19.0 Å². The summed E-state index contributed by atoms with van der Waals surface area (Å²) in [5.74, 6) is 0. The van der Waals surface area contributed by atoms with Gasteiger partial charge in [0.1, 0.15) is 5.58 Å². The molecule has 0 saturated carbocycles. The molecule has 1 heterocycles. The highest BCUT2D eigenvalue weighted by Gasteiger charge is 2.10. The van der Waals surface area contributed by atoms with Crippen molar-refractivity contribution in [3.05, 3.63) is 52.4 Å². The average Bonchev–Trinajstić information content (AvgIpc) is 2.45. The zero-order valence-corrected chi connectivity index (χ0v) is 13.4. The summed E-state index contributed by atoms with van der Waals surface area (Å²) in [7, 11) is 3.45.